The van der Waals surface area contributed by atoms with Crippen LogP contribution in [0.1, 0.15) is 24.4 Å². The lowest BCUT2D eigenvalue weighted by molar-refractivity contribution is 0.153. The van der Waals surface area contributed by atoms with Crippen LogP contribution in [-0.4, -0.2) is 41.3 Å². The van der Waals surface area contributed by atoms with E-state index in [4.69, 9.17) is 0 Å². The molecule has 0 unspecified atom stereocenters. The highest BCUT2D eigenvalue weighted by Crippen LogP contribution is 2.47. The van der Waals surface area contributed by atoms with Crippen LogP contribution in [0.3, 0.4) is 0 Å². The first kappa shape index (κ1) is 11.8. The molecule has 0 aromatic heterocycles. The molecule has 0 spiro atoms. The topological polar surface area (TPSA) is 55.7 Å². The van der Waals surface area contributed by atoms with E-state index in [1.165, 1.54) is 12.8 Å². The van der Waals surface area contributed by atoms with Gasteiger partial charge in [-0.2, -0.15) is 0 Å². The van der Waals surface area contributed by atoms with Gasteiger partial charge in [-0.25, -0.2) is 0 Å². The Labute approximate surface area is 107 Å². The first-order valence-corrected chi connectivity index (χ1v) is 6.72. The van der Waals surface area contributed by atoms with Crippen LogP contribution in [0.2, 0.25) is 0 Å². The molecule has 3 N–H and O–H groups in total. The number of hydrogen-bond donors (Lipinski definition) is 3. The molecule has 3 rings (SSSR count). The molecule has 0 radical (unpaired) electrons. The van der Waals surface area contributed by atoms with Gasteiger partial charge < -0.3 is 15.5 Å². The normalized spacial score (nSPS) is 22.9. The highest BCUT2D eigenvalue weighted by molar-refractivity contribution is 5.41. The van der Waals surface area contributed by atoms with Crippen LogP contribution >= 0.6 is 0 Å². The monoisotopic (exact) mass is 248 g/mol. The standard InChI is InChI=1S/C14H20N2O2/c17-11-3-4-13(18)12(9-11)14(10-1-2-10)16-7-5-15-6-8-16/h3-4,9-10,14-15,17-18H,1-2,5-8H2/t14-/m0/s1. The zero-order chi connectivity index (χ0) is 12.5. The second kappa shape index (κ2) is 4.78. The number of benzene rings is 1. The van der Waals surface area contributed by atoms with E-state index in [9.17, 15) is 10.2 Å². The van der Waals surface area contributed by atoms with Crippen molar-refractivity contribution in [2.75, 3.05) is 26.2 Å². The van der Waals surface area contributed by atoms with Crippen molar-refractivity contribution in [3.63, 3.8) is 0 Å². The molecule has 2 fully saturated rings. The smallest absolute Gasteiger partial charge is 0.120 e. The first-order valence-electron chi connectivity index (χ1n) is 6.72. The summed E-state index contributed by atoms with van der Waals surface area (Å²) in [4.78, 5) is 2.43. The Morgan fingerprint density at radius 3 is 2.56 bits per heavy atom. The summed E-state index contributed by atoms with van der Waals surface area (Å²) >= 11 is 0. The van der Waals surface area contributed by atoms with Gasteiger partial charge in [0.25, 0.3) is 0 Å². The predicted octanol–water partition coefficient (Wildman–Crippen LogP) is 1.45. The molecule has 1 heterocycles. The molecule has 1 aromatic rings. The van der Waals surface area contributed by atoms with E-state index < -0.39 is 0 Å². The lowest BCUT2D eigenvalue weighted by Gasteiger charge is -2.35. The maximum absolute atomic E-state index is 10.1. The number of phenols is 2. The number of aromatic hydroxyl groups is 2. The lowest BCUT2D eigenvalue weighted by atomic mass is 9.98. The van der Waals surface area contributed by atoms with E-state index in [2.05, 4.69) is 10.2 Å². The van der Waals surface area contributed by atoms with Crippen LogP contribution in [0.4, 0.5) is 0 Å². The minimum absolute atomic E-state index is 0.239. The molecule has 98 valence electrons. The maximum Gasteiger partial charge on any atom is 0.120 e. The van der Waals surface area contributed by atoms with Gasteiger partial charge in [-0.3, -0.25) is 4.90 Å². The fourth-order valence-electron chi connectivity index (χ4n) is 2.90. The summed E-state index contributed by atoms with van der Waals surface area (Å²) in [5.74, 6) is 1.18. The molecule has 1 aromatic carbocycles. The fraction of sp³-hybridized carbons (Fsp3) is 0.571. The SMILES string of the molecule is Oc1ccc(O)c([C@H](C2CC2)N2CCNCC2)c1. The summed E-state index contributed by atoms with van der Waals surface area (Å²) < 4.78 is 0. The van der Waals surface area contributed by atoms with Crippen molar-refractivity contribution in [2.45, 2.75) is 18.9 Å². The second-order valence-corrected chi connectivity index (χ2v) is 5.31. The zero-order valence-corrected chi connectivity index (χ0v) is 10.5. The van der Waals surface area contributed by atoms with Crippen molar-refractivity contribution in [1.29, 1.82) is 0 Å². The second-order valence-electron chi connectivity index (χ2n) is 5.31. The average molecular weight is 248 g/mol. The van der Waals surface area contributed by atoms with Crippen molar-refractivity contribution in [3.8, 4) is 11.5 Å². The van der Waals surface area contributed by atoms with E-state index in [0.29, 0.717) is 11.7 Å². The number of nitrogens with one attached hydrogen (secondary N) is 1. The van der Waals surface area contributed by atoms with Gasteiger partial charge in [0, 0.05) is 37.8 Å². The van der Waals surface area contributed by atoms with Gasteiger partial charge in [-0.05, 0) is 37.0 Å². The number of piperazine rings is 1. The largest absolute Gasteiger partial charge is 0.508 e. The van der Waals surface area contributed by atoms with Crippen molar-refractivity contribution < 1.29 is 10.2 Å². The van der Waals surface area contributed by atoms with Gasteiger partial charge in [0.1, 0.15) is 11.5 Å². The summed E-state index contributed by atoms with van der Waals surface area (Å²) in [5.41, 5.74) is 0.888. The molecular formula is C14H20N2O2. The van der Waals surface area contributed by atoms with Crippen LogP contribution in [0.15, 0.2) is 18.2 Å². The molecule has 4 nitrogen and oxygen atoms in total. The first-order chi connectivity index (χ1) is 8.75. The molecule has 1 saturated heterocycles. The van der Waals surface area contributed by atoms with Gasteiger partial charge >= 0.3 is 0 Å². The zero-order valence-electron chi connectivity index (χ0n) is 10.5. The molecular weight excluding hydrogens is 228 g/mol. The van der Waals surface area contributed by atoms with E-state index >= 15 is 0 Å². The third-order valence-electron chi connectivity index (χ3n) is 3.94. The summed E-state index contributed by atoms with van der Waals surface area (Å²) in [5, 5.41) is 23.1. The molecule has 18 heavy (non-hydrogen) atoms. The highest BCUT2D eigenvalue weighted by Gasteiger charge is 2.38. The molecule has 0 bridgehead atoms. The van der Waals surface area contributed by atoms with Gasteiger partial charge in [-0.15, -0.1) is 0 Å². The van der Waals surface area contributed by atoms with Gasteiger partial charge in [0.2, 0.25) is 0 Å². The van der Waals surface area contributed by atoms with Crippen LogP contribution in [0.25, 0.3) is 0 Å². The third-order valence-corrected chi connectivity index (χ3v) is 3.94. The number of hydrogen-bond acceptors (Lipinski definition) is 4. The average Bonchev–Trinajstić information content (AvgIpc) is 3.20. The predicted molar refractivity (Wildman–Crippen MR) is 69.7 cm³/mol. The summed E-state index contributed by atoms with van der Waals surface area (Å²) in [6.45, 7) is 4.03. The van der Waals surface area contributed by atoms with Crippen molar-refractivity contribution in [1.82, 2.24) is 10.2 Å². The molecule has 4 heteroatoms. The van der Waals surface area contributed by atoms with E-state index in [1.807, 2.05) is 0 Å². The molecule has 1 aliphatic carbocycles. The Morgan fingerprint density at radius 2 is 1.89 bits per heavy atom. The molecule has 1 atom stereocenters. The fourth-order valence-corrected chi connectivity index (χ4v) is 2.90. The minimum Gasteiger partial charge on any atom is -0.508 e. The van der Waals surface area contributed by atoms with E-state index in [0.717, 1.165) is 31.7 Å². The Morgan fingerprint density at radius 1 is 1.17 bits per heavy atom. The number of nitrogens with zero attached hydrogens (tertiary/aromatic N) is 1. The Balaban J connectivity index is 1.90. The Bertz CT molecular complexity index is 426. The van der Waals surface area contributed by atoms with Gasteiger partial charge in [0.05, 0.1) is 0 Å². The van der Waals surface area contributed by atoms with Crippen molar-refractivity contribution in [2.24, 2.45) is 5.92 Å². The quantitative estimate of drug-likeness (QED) is 0.709. The van der Waals surface area contributed by atoms with E-state index in [1.54, 1.807) is 18.2 Å². The lowest BCUT2D eigenvalue weighted by Crippen LogP contribution is -2.45. The van der Waals surface area contributed by atoms with E-state index in [-0.39, 0.29) is 11.8 Å². The van der Waals surface area contributed by atoms with Crippen LogP contribution in [0, 0.1) is 5.92 Å². The van der Waals surface area contributed by atoms with Crippen LogP contribution in [0.5, 0.6) is 11.5 Å². The summed E-state index contributed by atoms with van der Waals surface area (Å²) in [6.07, 6.45) is 2.45. The summed E-state index contributed by atoms with van der Waals surface area (Å²) in [7, 11) is 0. The van der Waals surface area contributed by atoms with Crippen LogP contribution in [-0.2, 0) is 0 Å². The van der Waals surface area contributed by atoms with Gasteiger partial charge in [-0.1, -0.05) is 0 Å². The Kier molecular flexibility index (Phi) is 3.14. The van der Waals surface area contributed by atoms with Gasteiger partial charge in [0.15, 0.2) is 0 Å². The maximum atomic E-state index is 10.1. The molecule has 2 aliphatic rings. The minimum atomic E-state index is 0.239. The van der Waals surface area contributed by atoms with Crippen LogP contribution < -0.4 is 5.32 Å². The molecule has 1 aliphatic heterocycles. The molecule has 0 amide bonds. The summed E-state index contributed by atoms with van der Waals surface area (Å²) in [6, 6.07) is 5.13. The van der Waals surface area contributed by atoms with Crippen molar-refractivity contribution in [3.05, 3.63) is 23.8 Å². The van der Waals surface area contributed by atoms with Crippen molar-refractivity contribution >= 4 is 0 Å². The Hall–Kier alpha value is -1.26. The third kappa shape index (κ3) is 2.31. The number of rotatable bonds is 3. The number of phenolic OH excluding ortho intramolecular Hbond substituents is 2. The molecule has 1 saturated carbocycles. The highest BCUT2D eigenvalue weighted by atomic mass is 16.3.